The highest BCUT2D eigenvalue weighted by Crippen LogP contribution is 2.31. The number of halogens is 1. The van der Waals surface area contributed by atoms with Gasteiger partial charge in [-0.05, 0) is 30.2 Å². The second kappa shape index (κ2) is 6.17. The molecule has 1 aliphatic heterocycles. The van der Waals surface area contributed by atoms with Crippen molar-refractivity contribution in [2.45, 2.75) is 6.42 Å². The number of para-hydroxylation sites is 1. The van der Waals surface area contributed by atoms with Crippen LogP contribution in [0.5, 0.6) is 0 Å². The fourth-order valence-corrected chi connectivity index (χ4v) is 2.49. The van der Waals surface area contributed by atoms with Gasteiger partial charge < -0.3 is 15.7 Å². The van der Waals surface area contributed by atoms with E-state index in [-0.39, 0.29) is 12.5 Å². The van der Waals surface area contributed by atoms with Gasteiger partial charge in [0.25, 0.3) is 5.91 Å². The first kappa shape index (κ1) is 14.6. The maximum atomic E-state index is 12.0. The Morgan fingerprint density at radius 2 is 2.09 bits per heavy atom. The van der Waals surface area contributed by atoms with Gasteiger partial charge in [-0.15, -0.1) is 0 Å². The van der Waals surface area contributed by atoms with E-state index in [4.69, 9.17) is 16.7 Å². The highest BCUT2D eigenvalue weighted by atomic mass is 35.5. The zero-order valence-corrected chi connectivity index (χ0v) is 12.4. The highest BCUT2D eigenvalue weighted by molar-refractivity contribution is 6.33. The maximum absolute atomic E-state index is 12.0. The molecule has 22 heavy (non-hydrogen) atoms. The number of aromatic nitrogens is 1. The third kappa shape index (κ3) is 2.81. The summed E-state index contributed by atoms with van der Waals surface area (Å²) in [4.78, 5) is 16.1. The first-order valence-electron chi connectivity index (χ1n) is 6.83. The molecule has 0 saturated carbocycles. The first-order chi connectivity index (χ1) is 10.7. The van der Waals surface area contributed by atoms with Gasteiger partial charge in [0.15, 0.2) is 0 Å². The number of hydrogen-bond donors (Lipinski definition) is 3. The summed E-state index contributed by atoms with van der Waals surface area (Å²) in [5.41, 5.74) is 3.04. The Kier molecular flexibility index (Phi) is 4.09. The molecule has 112 valence electrons. The van der Waals surface area contributed by atoms with Crippen LogP contribution in [0.2, 0.25) is 5.15 Å². The number of aliphatic hydroxyl groups is 1. The number of rotatable bonds is 4. The third-order valence-corrected chi connectivity index (χ3v) is 3.61. The van der Waals surface area contributed by atoms with Crippen LogP contribution in [-0.4, -0.2) is 22.6 Å². The van der Waals surface area contributed by atoms with E-state index in [0.29, 0.717) is 28.5 Å². The fourth-order valence-electron chi connectivity index (χ4n) is 2.34. The van der Waals surface area contributed by atoms with Crippen molar-refractivity contribution in [1.82, 2.24) is 4.98 Å². The lowest BCUT2D eigenvalue weighted by atomic mass is 10.1. The minimum Gasteiger partial charge on any atom is -0.396 e. The van der Waals surface area contributed by atoms with E-state index in [1.807, 2.05) is 24.3 Å². The Labute approximate surface area is 132 Å². The summed E-state index contributed by atoms with van der Waals surface area (Å²) in [6.07, 6.45) is 2.19. The predicted octanol–water partition coefficient (Wildman–Crippen LogP) is 2.67. The number of carbonyl (C=O) groups excluding carboxylic acids is 1. The molecule has 5 nitrogen and oxygen atoms in total. The molecule has 3 N–H and O–H groups in total. The minimum atomic E-state index is -0.225. The van der Waals surface area contributed by atoms with Crippen LogP contribution >= 0.6 is 11.6 Å². The summed E-state index contributed by atoms with van der Waals surface area (Å²) in [6.45, 7) is 0.0704. The largest absolute Gasteiger partial charge is 0.396 e. The van der Waals surface area contributed by atoms with E-state index >= 15 is 0 Å². The minimum absolute atomic E-state index is 0.0704. The predicted molar refractivity (Wildman–Crippen MR) is 86.7 cm³/mol. The molecule has 2 aromatic rings. The molecule has 0 atom stereocenters. The number of amides is 1. The number of anilines is 2. The van der Waals surface area contributed by atoms with Crippen LogP contribution in [0.3, 0.4) is 0 Å². The molecule has 0 unspecified atom stereocenters. The molecule has 3 rings (SSSR count). The Hall–Kier alpha value is -2.37. The van der Waals surface area contributed by atoms with Gasteiger partial charge in [-0.2, -0.15) is 0 Å². The molecule has 1 aromatic heterocycles. The van der Waals surface area contributed by atoms with Crippen LogP contribution in [0.1, 0.15) is 11.1 Å². The van der Waals surface area contributed by atoms with Crippen LogP contribution in [0.25, 0.3) is 5.57 Å². The number of nitrogens with one attached hydrogen (secondary N) is 2. The van der Waals surface area contributed by atoms with Gasteiger partial charge >= 0.3 is 0 Å². The molecule has 0 bridgehead atoms. The number of aliphatic hydroxyl groups excluding tert-OH is 1. The molecular weight excluding hydrogens is 302 g/mol. The SMILES string of the molecule is O=C1Nc2nc(Cl)ccc2/C1=C\Nc1ccccc1CCO. The van der Waals surface area contributed by atoms with Crippen molar-refractivity contribution in [2.24, 2.45) is 0 Å². The normalized spacial score (nSPS) is 14.8. The molecule has 2 heterocycles. The van der Waals surface area contributed by atoms with Gasteiger partial charge in [0.05, 0.1) is 5.57 Å². The smallest absolute Gasteiger partial charge is 0.259 e. The molecule has 1 aliphatic rings. The number of hydrogen-bond acceptors (Lipinski definition) is 4. The van der Waals surface area contributed by atoms with Crippen molar-refractivity contribution in [2.75, 3.05) is 17.2 Å². The van der Waals surface area contributed by atoms with Crippen molar-refractivity contribution in [1.29, 1.82) is 0 Å². The molecule has 0 saturated heterocycles. The van der Waals surface area contributed by atoms with E-state index in [1.165, 1.54) is 0 Å². The average molecular weight is 316 g/mol. The summed E-state index contributed by atoms with van der Waals surface area (Å²) in [5.74, 6) is 0.242. The van der Waals surface area contributed by atoms with Crippen LogP contribution in [0, 0.1) is 0 Å². The quantitative estimate of drug-likeness (QED) is 0.599. The van der Waals surface area contributed by atoms with Crippen molar-refractivity contribution in [3.05, 3.63) is 58.9 Å². The molecule has 0 spiro atoms. The molecule has 0 radical (unpaired) electrons. The maximum Gasteiger partial charge on any atom is 0.259 e. The van der Waals surface area contributed by atoms with Crippen LogP contribution in [0.4, 0.5) is 11.5 Å². The van der Waals surface area contributed by atoms with E-state index in [9.17, 15) is 4.79 Å². The third-order valence-electron chi connectivity index (χ3n) is 3.40. The Bertz CT molecular complexity index is 759. The number of carbonyl (C=O) groups is 1. The second-order valence-corrected chi connectivity index (χ2v) is 5.20. The topological polar surface area (TPSA) is 74.2 Å². The lowest BCUT2D eigenvalue weighted by Gasteiger charge is -2.08. The summed E-state index contributed by atoms with van der Waals surface area (Å²) < 4.78 is 0. The van der Waals surface area contributed by atoms with Gasteiger partial charge in [-0.3, -0.25) is 4.79 Å². The van der Waals surface area contributed by atoms with E-state index in [2.05, 4.69) is 15.6 Å². The Balaban J connectivity index is 1.90. The standard InChI is InChI=1S/C16H14ClN3O2/c17-14-6-5-11-12(16(22)20-15(11)19-14)9-18-13-4-2-1-3-10(13)7-8-21/h1-6,9,18,21H,7-8H2,(H,19,20,22)/b12-9+. The molecule has 6 heteroatoms. The summed E-state index contributed by atoms with van der Waals surface area (Å²) in [6, 6.07) is 11.0. The summed E-state index contributed by atoms with van der Waals surface area (Å²) in [5, 5.41) is 15.2. The van der Waals surface area contributed by atoms with Gasteiger partial charge in [-0.1, -0.05) is 29.8 Å². The number of nitrogens with zero attached hydrogens (tertiary/aromatic N) is 1. The van der Waals surface area contributed by atoms with Gasteiger partial charge in [0.2, 0.25) is 0 Å². The molecule has 1 amide bonds. The van der Waals surface area contributed by atoms with E-state index in [1.54, 1.807) is 18.3 Å². The molecule has 0 aliphatic carbocycles. The van der Waals surface area contributed by atoms with Gasteiger partial charge in [0.1, 0.15) is 11.0 Å². The lowest BCUT2D eigenvalue weighted by Crippen LogP contribution is -2.06. The number of benzene rings is 1. The Morgan fingerprint density at radius 1 is 1.27 bits per heavy atom. The van der Waals surface area contributed by atoms with Crippen LogP contribution in [0.15, 0.2) is 42.6 Å². The number of pyridine rings is 1. The monoisotopic (exact) mass is 315 g/mol. The summed E-state index contributed by atoms with van der Waals surface area (Å²) in [7, 11) is 0. The zero-order chi connectivity index (χ0) is 15.5. The van der Waals surface area contributed by atoms with Crippen molar-refractivity contribution in [3.63, 3.8) is 0 Å². The van der Waals surface area contributed by atoms with Crippen molar-refractivity contribution >= 4 is 34.6 Å². The van der Waals surface area contributed by atoms with Crippen molar-refractivity contribution < 1.29 is 9.90 Å². The summed E-state index contributed by atoms with van der Waals surface area (Å²) >= 11 is 5.83. The lowest BCUT2D eigenvalue weighted by molar-refractivity contribution is -0.110. The van der Waals surface area contributed by atoms with Crippen molar-refractivity contribution in [3.8, 4) is 0 Å². The van der Waals surface area contributed by atoms with Gasteiger partial charge in [0, 0.05) is 24.1 Å². The highest BCUT2D eigenvalue weighted by Gasteiger charge is 2.25. The average Bonchev–Trinajstić information content (AvgIpc) is 2.81. The van der Waals surface area contributed by atoms with E-state index < -0.39 is 0 Å². The van der Waals surface area contributed by atoms with Crippen LogP contribution < -0.4 is 10.6 Å². The van der Waals surface area contributed by atoms with E-state index in [0.717, 1.165) is 11.3 Å². The van der Waals surface area contributed by atoms with Crippen LogP contribution in [-0.2, 0) is 11.2 Å². The number of fused-ring (bicyclic) bond motifs is 1. The first-order valence-corrected chi connectivity index (χ1v) is 7.20. The molecule has 1 aromatic carbocycles. The second-order valence-electron chi connectivity index (χ2n) is 4.82. The Morgan fingerprint density at radius 3 is 2.91 bits per heavy atom. The molecule has 0 fully saturated rings. The zero-order valence-electron chi connectivity index (χ0n) is 11.6. The fraction of sp³-hybridized carbons (Fsp3) is 0.125. The van der Waals surface area contributed by atoms with Gasteiger partial charge in [-0.25, -0.2) is 4.98 Å². The molecular formula is C16H14ClN3O2.